The molecule has 0 aliphatic heterocycles. The molecule has 2 heterocycles. The van der Waals surface area contributed by atoms with Crippen LogP contribution in [0.5, 0.6) is 0 Å². The molecule has 0 aliphatic carbocycles. The van der Waals surface area contributed by atoms with Gasteiger partial charge in [0.05, 0.1) is 11.9 Å². The molecule has 18 heavy (non-hydrogen) atoms. The van der Waals surface area contributed by atoms with Gasteiger partial charge in [0, 0.05) is 16.4 Å². The Hall–Kier alpha value is -1.82. The third kappa shape index (κ3) is 1.78. The maximum Gasteiger partial charge on any atom is 0.303 e. The van der Waals surface area contributed by atoms with Crippen LogP contribution in [0.4, 0.5) is 0 Å². The lowest BCUT2D eigenvalue weighted by atomic mass is 10.2. The van der Waals surface area contributed by atoms with E-state index in [0.29, 0.717) is 6.42 Å². The first-order chi connectivity index (χ1) is 8.65. The molecule has 0 unspecified atom stereocenters. The number of aliphatic carboxylic acids is 1. The molecule has 0 aliphatic rings. The van der Waals surface area contributed by atoms with E-state index < -0.39 is 5.97 Å². The predicted molar refractivity (Wildman–Crippen MR) is 70.7 cm³/mol. The molecule has 0 radical (unpaired) electrons. The monoisotopic (exact) mass is 307 g/mol. The second-order valence-electron chi connectivity index (χ2n) is 4.09. The zero-order valence-corrected chi connectivity index (χ0v) is 10.9. The van der Waals surface area contributed by atoms with Crippen LogP contribution in [0, 0.1) is 0 Å². The molecule has 3 rings (SSSR count). The lowest BCUT2D eigenvalue weighted by Gasteiger charge is -1.93. The number of aromatic amines is 1. The van der Waals surface area contributed by atoms with Crippen molar-refractivity contribution in [2.75, 3.05) is 0 Å². The summed E-state index contributed by atoms with van der Waals surface area (Å²) in [6.45, 7) is 0. The van der Waals surface area contributed by atoms with E-state index in [1.807, 2.05) is 28.8 Å². The number of hydrogen-bond donors (Lipinski definition) is 2. The van der Waals surface area contributed by atoms with Crippen molar-refractivity contribution in [3.05, 3.63) is 34.6 Å². The smallest absolute Gasteiger partial charge is 0.303 e. The van der Waals surface area contributed by atoms with Crippen molar-refractivity contribution < 1.29 is 9.90 Å². The van der Waals surface area contributed by atoms with E-state index in [9.17, 15) is 4.79 Å². The Morgan fingerprint density at radius 2 is 2.33 bits per heavy atom. The summed E-state index contributed by atoms with van der Waals surface area (Å²) in [4.78, 5) is 18.2. The number of fused-ring (bicyclic) bond motifs is 3. The van der Waals surface area contributed by atoms with Crippen LogP contribution in [0.3, 0.4) is 0 Å². The molecule has 0 atom stereocenters. The first-order valence-electron chi connectivity index (χ1n) is 5.51. The second-order valence-corrected chi connectivity index (χ2v) is 4.94. The quantitative estimate of drug-likeness (QED) is 0.781. The van der Waals surface area contributed by atoms with E-state index in [1.165, 1.54) is 0 Å². The van der Waals surface area contributed by atoms with Crippen LogP contribution in [0.25, 0.3) is 16.8 Å². The topological polar surface area (TPSA) is 70.4 Å². The maximum absolute atomic E-state index is 10.5. The Kier molecular flexibility index (Phi) is 2.59. The van der Waals surface area contributed by atoms with Crippen LogP contribution in [0.2, 0.25) is 0 Å². The molecule has 0 saturated heterocycles. The molecule has 92 valence electrons. The van der Waals surface area contributed by atoms with Gasteiger partial charge in [-0.15, -0.1) is 0 Å². The molecule has 0 amide bonds. The van der Waals surface area contributed by atoms with E-state index >= 15 is 0 Å². The van der Waals surface area contributed by atoms with Crippen molar-refractivity contribution in [1.29, 1.82) is 0 Å². The number of carboxylic acid groups (broad SMARTS) is 1. The van der Waals surface area contributed by atoms with Gasteiger partial charge >= 0.3 is 5.97 Å². The molecular weight excluding hydrogens is 298 g/mol. The molecule has 2 aromatic heterocycles. The molecule has 6 heteroatoms. The summed E-state index contributed by atoms with van der Waals surface area (Å²) in [5, 5.41) is 8.67. The van der Waals surface area contributed by atoms with E-state index in [-0.39, 0.29) is 6.42 Å². The van der Waals surface area contributed by atoms with Crippen molar-refractivity contribution in [2.24, 2.45) is 0 Å². The van der Waals surface area contributed by atoms with Crippen LogP contribution in [0.15, 0.2) is 28.9 Å². The number of aryl methyl sites for hydroxylation is 1. The van der Waals surface area contributed by atoms with Crippen molar-refractivity contribution >= 4 is 38.7 Å². The normalized spacial score (nSPS) is 11.4. The summed E-state index contributed by atoms with van der Waals surface area (Å²) in [5.41, 5.74) is 2.77. The zero-order chi connectivity index (χ0) is 12.7. The third-order valence-electron chi connectivity index (χ3n) is 2.84. The van der Waals surface area contributed by atoms with Gasteiger partial charge < -0.3 is 10.1 Å². The number of carboxylic acids is 1. The van der Waals surface area contributed by atoms with Gasteiger partial charge in [-0.2, -0.15) is 0 Å². The Bertz CT molecular complexity index is 744. The zero-order valence-electron chi connectivity index (χ0n) is 9.35. The number of carbonyl (C=O) groups is 1. The third-order valence-corrected chi connectivity index (χ3v) is 3.48. The minimum Gasteiger partial charge on any atom is -0.481 e. The molecule has 0 bridgehead atoms. The Morgan fingerprint density at radius 3 is 3.11 bits per heavy atom. The maximum atomic E-state index is 10.5. The molecule has 0 spiro atoms. The summed E-state index contributed by atoms with van der Waals surface area (Å²) in [7, 11) is 0. The minimum atomic E-state index is -0.796. The molecule has 0 fully saturated rings. The number of para-hydroxylation sites is 1. The number of aromatic nitrogens is 3. The number of halogens is 1. The first kappa shape index (κ1) is 11.3. The standard InChI is InChI=1S/C12H10BrN3O2/c13-8-2-1-3-9-11(8)15-12-14-7(6-16(9)12)4-5-10(17)18/h1-3,6H,4-5H2,(H,14,15)(H,17,18). The largest absolute Gasteiger partial charge is 0.481 e. The summed E-state index contributed by atoms with van der Waals surface area (Å²) < 4.78 is 2.89. The summed E-state index contributed by atoms with van der Waals surface area (Å²) in [6, 6.07) is 5.87. The van der Waals surface area contributed by atoms with E-state index in [0.717, 1.165) is 27.0 Å². The van der Waals surface area contributed by atoms with E-state index in [4.69, 9.17) is 5.11 Å². The van der Waals surface area contributed by atoms with Crippen molar-refractivity contribution in [2.45, 2.75) is 12.8 Å². The number of nitrogens with one attached hydrogen (secondary N) is 1. The van der Waals surface area contributed by atoms with Crippen molar-refractivity contribution in [3.63, 3.8) is 0 Å². The number of imidazole rings is 2. The van der Waals surface area contributed by atoms with Gasteiger partial charge in [0.1, 0.15) is 5.52 Å². The number of H-pyrrole nitrogens is 1. The number of nitrogens with zero attached hydrogens (tertiary/aromatic N) is 2. The summed E-state index contributed by atoms with van der Waals surface area (Å²) in [6.07, 6.45) is 2.50. The highest BCUT2D eigenvalue weighted by molar-refractivity contribution is 9.10. The van der Waals surface area contributed by atoms with Gasteiger partial charge in [0.2, 0.25) is 5.78 Å². The number of hydrogen-bond acceptors (Lipinski definition) is 2. The predicted octanol–water partition coefficient (Wildman–Crippen LogP) is 2.60. The van der Waals surface area contributed by atoms with Gasteiger partial charge in [-0.25, -0.2) is 4.98 Å². The number of benzene rings is 1. The average molecular weight is 308 g/mol. The fourth-order valence-electron chi connectivity index (χ4n) is 2.00. The Balaban J connectivity index is 2.08. The molecule has 3 aromatic rings. The fourth-order valence-corrected chi connectivity index (χ4v) is 2.45. The average Bonchev–Trinajstić information content (AvgIpc) is 2.85. The van der Waals surface area contributed by atoms with Gasteiger partial charge in [-0.3, -0.25) is 9.20 Å². The Morgan fingerprint density at radius 1 is 1.50 bits per heavy atom. The van der Waals surface area contributed by atoms with Gasteiger partial charge in [-0.1, -0.05) is 6.07 Å². The van der Waals surface area contributed by atoms with Gasteiger partial charge in [0.15, 0.2) is 0 Å². The van der Waals surface area contributed by atoms with Crippen LogP contribution in [0.1, 0.15) is 12.1 Å². The van der Waals surface area contributed by atoms with Gasteiger partial charge in [0.25, 0.3) is 0 Å². The molecule has 0 saturated carbocycles. The summed E-state index contributed by atoms with van der Waals surface area (Å²) in [5.74, 6) is -0.0628. The minimum absolute atomic E-state index is 0.116. The van der Waals surface area contributed by atoms with Crippen LogP contribution in [-0.4, -0.2) is 25.4 Å². The lowest BCUT2D eigenvalue weighted by Crippen LogP contribution is -1.97. The fraction of sp³-hybridized carbons (Fsp3) is 0.167. The molecule has 1 aromatic carbocycles. The number of rotatable bonds is 3. The van der Waals surface area contributed by atoms with Gasteiger partial charge in [-0.05, 0) is 34.5 Å². The van der Waals surface area contributed by atoms with Crippen LogP contribution >= 0.6 is 15.9 Å². The van der Waals surface area contributed by atoms with Crippen molar-refractivity contribution in [3.8, 4) is 0 Å². The molecule has 5 nitrogen and oxygen atoms in total. The van der Waals surface area contributed by atoms with Crippen LogP contribution < -0.4 is 0 Å². The van der Waals surface area contributed by atoms with Crippen LogP contribution in [-0.2, 0) is 11.2 Å². The van der Waals surface area contributed by atoms with E-state index in [1.54, 1.807) is 0 Å². The summed E-state index contributed by atoms with van der Waals surface area (Å²) >= 11 is 3.46. The highest BCUT2D eigenvalue weighted by atomic mass is 79.9. The van der Waals surface area contributed by atoms with Crippen molar-refractivity contribution in [1.82, 2.24) is 14.4 Å². The van der Waals surface area contributed by atoms with E-state index in [2.05, 4.69) is 25.9 Å². The SMILES string of the molecule is O=C(O)CCc1cn2c(nc3c(Br)cccc32)[nH]1. The first-order valence-corrected chi connectivity index (χ1v) is 6.30. The highest BCUT2D eigenvalue weighted by Crippen LogP contribution is 2.24. The highest BCUT2D eigenvalue weighted by Gasteiger charge is 2.10. The molecular formula is C12H10BrN3O2. The lowest BCUT2D eigenvalue weighted by molar-refractivity contribution is -0.136. The Labute approximate surface area is 111 Å². The molecule has 2 N–H and O–H groups in total. The second kappa shape index (κ2) is 4.13.